The van der Waals surface area contributed by atoms with Crippen LogP contribution in [-0.2, 0) is 9.53 Å². The summed E-state index contributed by atoms with van der Waals surface area (Å²) >= 11 is 4.99. The third kappa shape index (κ3) is 2.20. The Hall–Kier alpha value is -0.720. The summed E-state index contributed by atoms with van der Waals surface area (Å²) < 4.78 is 4.62. The van der Waals surface area contributed by atoms with Gasteiger partial charge in [-0.3, -0.25) is 0 Å². The molecule has 3 N–H and O–H groups in total. The Balaban J connectivity index is 2.72. The molecular weight excluding hydrogens is 204 g/mol. The maximum absolute atomic E-state index is 11.3. The van der Waals surface area contributed by atoms with Crippen molar-refractivity contribution < 1.29 is 14.6 Å². The Morgan fingerprint density at radius 1 is 1.79 bits per heavy atom. The van der Waals surface area contributed by atoms with Gasteiger partial charge in [-0.05, 0) is 0 Å². The van der Waals surface area contributed by atoms with Crippen molar-refractivity contribution in [2.45, 2.75) is 18.6 Å². The van der Waals surface area contributed by atoms with Crippen LogP contribution in [0.25, 0.3) is 0 Å². The largest absolute Gasteiger partial charge is 0.467 e. The van der Waals surface area contributed by atoms with Crippen LogP contribution >= 0.6 is 12.2 Å². The van der Waals surface area contributed by atoms with Crippen LogP contribution in [0.2, 0.25) is 0 Å². The van der Waals surface area contributed by atoms with Gasteiger partial charge in [0.25, 0.3) is 0 Å². The molecule has 0 unspecified atom stereocenters. The lowest BCUT2D eigenvalue weighted by Gasteiger charge is -2.23. The predicted octanol–water partition coefficient (Wildman–Crippen LogP) is -1.12. The topological polar surface area (TPSA) is 75.8 Å². The first-order valence-electron chi connectivity index (χ1n) is 4.35. The van der Waals surface area contributed by atoms with E-state index < -0.39 is 12.1 Å². The number of ether oxygens (including phenoxy) is 1. The SMILES string of the molecule is COC(=O)[C@@H]1C[C@@H](O)CN1C(=S)CN. The van der Waals surface area contributed by atoms with Crippen LogP contribution in [-0.4, -0.2) is 53.3 Å². The first kappa shape index (κ1) is 11.4. The highest BCUT2D eigenvalue weighted by molar-refractivity contribution is 7.80. The van der Waals surface area contributed by atoms with Crippen LogP contribution in [0.1, 0.15) is 6.42 Å². The summed E-state index contributed by atoms with van der Waals surface area (Å²) in [5.74, 6) is -0.377. The number of thiocarbonyl (C=S) groups is 1. The minimum Gasteiger partial charge on any atom is -0.467 e. The second-order valence-electron chi connectivity index (χ2n) is 3.18. The zero-order chi connectivity index (χ0) is 10.7. The zero-order valence-corrected chi connectivity index (χ0v) is 8.79. The third-order valence-corrected chi connectivity index (χ3v) is 2.65. The number of likely N-dealkylation sites (tertiary alicyclic amines) is 1. The molecule has 1 fully saturated rings. The fraction of sp³-hybridized carbons (Fsp3) is 0.750. The van der Waals surface area contributed by atoms with Gasteiger partial charge in [0.1, 0.15) is 6.04 Å². The highest BCUT2D eigenvalue weighted by Gasteiger charge is 2.37. The second-order valence-corrected chi connectivity index (χ2v) is 3.65. The lowest BCUT2D eigenvalue weighted by molar-refractivity contribution is -0.144. The van der Waals surface area contributed by atoms with Gasteiger partial charge in [0.2, 0.25) is 0 Å². The Morgan fingerprint density at radius 2 is 2.43 bits per heavy atom. The molecule has 0 aromatic heterocycles. The van der Waals surface area contributed by atoms with Crippen LogP contribution < -0.4 is 5.73 Å². The number of rotatable bonds is 2. The van der Waals surface area contributed by atoms with E-state index in [2.05, 4.69) is 4.74 Å². The number of nitrogens with zero attached hydrogens (tertiary/aromatic N) is 1. The van der Waals surface area contributed by atoms with Crippen LogP contribution in [0.15, 0.2) is 0 Å². The van der Waals surface area contributed by atoms with Gasteiger partial charge in [-0.15, -0.1) is 0 Å². The number of hydrogen-bond donors (Lipinski definition) is 2. The summed E-state index contributed by atoms with van der Waals surface area (Å²) in [6.45, 7) is 0.561. The molecule has 0 saturated carbocycles. The quantitative estimate of drug-likeness (QED) is 0.452. The summed E-state index contributed by atoms with van der Waals surface area (Å²) in [6, 6.07) is -0.481. The van der Waals surface area contributed by atoms with E-state index in [1.807, 2.05) is 0 Å². The number of aliphatic hydroxyl groups is 1. The zero-order valence-electron chi connectivity index (χ0n) is 7.97. The van der Waals surface area contributed by atoms with E-state index in [1.165, 1.54) is 7.11 Å². The van der Waals surface area contributed by atoms with Crippen LogP contribution in [0.5, 0.6) is 0 Å². The molecule has 0 bridgehead atoms. The fourth-order valence-electron chi connectivity index (χ4n) is 1.57. The number of carbonyl (C=O) groups is 1. The summed E-state index contributed by atoms with van der Waals surface area (Å²) in [4.78, 5) is 13.4. The summed E-state index contributed by atoms with van der Waals surface area (Å²) in [7, 11) is 1.32. The van der Waals surface area contributed by atoms with Gasteiger partial charge < -0.3 is 20.5 Å². The number of nitrogens with two attached hydrogens (primary N) is 1. The van der Waals surface area contributed by atoms with E-state index >= 15 is 0 Å². The van der Waals surface area contributed by atoms with E-state index in [0.29, 0.717) is 18.0 Å². The van der Waals surface area contributed by atoms with E-state index in [1.54, 1.807) is 4.90 Å². The minimum absolute atomic E-state index is 0.204. The number of esters is 1. The molecule has 6 heteroatoms. The molecule has 2 atom stereocenters. The Morgan fingerprint density at radius 3 is 2.93 bits per heavy atom. The molecule has 1 aliphatic heterocycles. The Bertz CT molecular complexity index is 223. The van der Waals surface area contributed by atoms with E-state index in [0.717, 1.165) is 0 Å². The van der Waals surface area contributed by atoms with Crippen molar-refractivity contribution >= 4 is 23.2 Å². The van der Waals surface area contributed by atoms with Crippen LogP contribution in [0.4, 0.5) is 0 Å². The molecule has 0 aromatic carbocycles. The van der Waals surface area contributed by atoms with Crippen molar-refractivity contribution in [3.8, 4) is 0 Å². The molecule has 1 rings (SSSR count). The third-order valence-electron chi connectivity index (χ3n) is 2.25. The molecule has 0 amide bonds. The molecule has 1 saturated heterocycles. The van der Waals surface area contributed by atoms with Gasteiger partial charge in [-0.1, -0.05) is 12.2 Å². The molecule has 1 aliphatic rings. The average Bonchev–Trinajstić information content (AvgIpc) is 2.58. The van der Waals surface area contributed by atoms with Crippen molar-refractivity contribution in [2.24, 2.45) is 5.73 Å². The highest BCUT2D eigenvalue weighted by atomic mass is 32.1. The predicted molar refractivity (Wildman–Crippen MR) is 54.8 cm³/mol. The number of β-amino-alcohol motifs (C(OH)–C–C–N with tert-alkyl or cyclic N) is 1. The summed E-state index contributed by atoms with van der Waals surface area (Å²) in [5.41, 5.74) is 5.38. The van der Waals surface area contributed by atoms with Gasteiger partial charge in [-0.25, -0.2) is 4.79 Å². The van der Waals surface area contributed by atoms with Gasteiger partial charge in [0, 0.05) is 19.5 Å². The van der Waals surface area contributed by atoms with Gasteiger partial charge >= 0.3 is 5.97 Å². The van der Waals surface area contributed by atoms with Crippen molar-refractivity contribution in [1.82, 2.24) is 4.90 Å². The summed E-state index contributed by atoms with van der Waals surface area (Å²) in [5, 5.41) is 9.41. The van der Waals surface area contributed by atoms with Crippen LogP contribution in [0, 0.1) is 0 Å². The van der Waals surface area contributed by atoms with Crippen LogP contribution in [0.3, 0.4) is 0 Å². The molecule has 14 heavy (non-hydrogen) atoms. The van der Waals surface area contributed by atoms with Crippen molar-refractivity contribution in [3.63, 3.8) is 0 Å². The molecule has 0 spiro atoms. The first-order valence-corrected chi connectivity index (χ1v) is 4.76. The Kier molecular flexibility index (Phi) is 3.79. The minimum atomic E-state index is -0.538. The molecule has 0 radical (unpaired) electrons. The monoisotopic (exact) mass is 218 g/mol. The smallest absolute Gasteiger partial charge is 0.328 e. The molecule has 0 aromatic rings. The molecule has 0 aliphatic carbocycles. The summed E-state index contributed by atoms with van der Waals surface area (Å²) in [6.07, 6.45) is -0.184. The van der Waals surface area contributed by atoms with Crippen molar-refractivity contribution in [3.05, 3.63) is 0 Å². The van der Waals surface area contributed by atoms with E-state index in [9.17, 15) is 9.90 Å². The number of carbonyl (C=O) groups excluding carboxylic acids is 1. The normalized spacial score (nSPS) is 26.4. The Labute approximate surface area is 87.8 Å². The standard InChI is InChI=1S/C8H14N2O3S/c1-13-8(12)6-2-5(11)4-10(6)7(14)3-9/h5-6,11H,2-4,9H2,1H3/t5-,6+/m1/s1. The molecule has 80 valence electrons. The van der Waals surface area contributed by atoms with Gasteiger partial charge in [-0.2, -0.15) is 0 Å². The first-order chi connectivity index (χ1) is 6.60. The number of hydrogen-bond acceptors (Lipinski definition) is 5. The maximum Gasteiger partial charge on any atom is 0.328 e. The highest BCUT2D eigenvalue weighted by Crippen LogP contribution is 2.19. The van der Waals surface area contributed by atoms with E-state index in [4.69, 9.17) is 18.0 Å². The lowest BCUT2D eigenvalue weighted by Crippen LogP contribution is -2.43. The number of aliphatic hydroxyl groups excluding tert-OH is 1. The number of methoxy groups -OCH3 is 1. The molecular formula is C8H14N2O3S. The average molecular weight is 218 g/mol. The second kappa shape index (κ2) is 4.68. The molecule has 5 nitrogen and oxygen atoms in total. The lowest BCUT2D eigenvalue weighted by atomic mass is 10.2. The van der Waals surface area contributed by atoms with Gasteiger partial charge in [0.15, 0.2) is 0 Å². The maximum atomic E-state index is 11.3. The fourth-order valence-corrected chi connectivity index (χ4v) is 1.77. The molecule has 1 heterocycles. The van der Waals surface area contributed by atoms with Crippen molar-refractivity contribution in [2.75, 3.05) is 20.2 Å². The van der Waals surface area contributed by atoms with Gasteiger partial charge in [0.05, 0.1) is 18.2 Å². The van der Waals surface area contributed by atoms with E-state index in [-0.39, 0.29) is 12.5 Å². The van der Waals surface area contributed by atoms with Crippen molar-refractivity contribution in [1.29, 1.82) is 0 Å².